The van der Waals surface area contributed by atoms with Crippen LogP contribution in [0.1, 0.15) is 30.4 Å². The average Bonchev–Trinajstić information content (AvgIpc) is 2.76. The molecule has 0 aliphatic carbocycles. The third-order valence-corrected chi connectivity index (χ3v) is 6.44. The lowest BCUT2D eigenvalue weighted by Gasteiger charge is -2.41. The van der Waals surface area contributed by atoms with E-state index in [9.17, 15) is 33.0 Å². The second kappa shape index (κ2) is 12.0. The molecule has 0 bridgehead atoms. The Labute approximate surface area is 211 Å². The standard InChI is InChI=1S/C24H27Cl2F3N2O4/c1-16-4-7-18(8-5-16)31(22(34)35)15-23(10-3-11-32,17-6-9-19(25)20(26)12-17)14-30(2)21(33)13-24(27,28)29/h4-9,12,32H,3,10-11,13-15H2,1-2H3,(H,34,35)/t23-/m0/s1. The van der Waals surface area contributed by atoms with Crippen LogP contribution in [0.2, 0.25) is 10.0 Å². The van der Waals surface area contributed by atoms with Crippen molar-refractivity contribution in [3.8, 4) is 0 Å². The zero-order valence-corrected chi connectivity index (χ0v) is 20.8. The number of nitrogens with zero attached hydrogens (tertiary/aromatic N) is 2. The van der Waals surface area contributed by atoms with Gasteiger partial charge in [0.1, 0.15) is 6.42 Å². The third-order valence-electron chi connectivity index (χ3n) is 5.70. The minimum atomic E-state index is -4.70. The molecule has 192 valence electrons. The highest BCUT2D eigenvalue weighted by Crippen LogP contribution is 2.37. The van der Waals surface area contributed by atoms with Gasteiger partial charge in [-0.3, -0.25) is 9.69 Å². The van der Waals surface area contributed by atoms with Gasteiger partial charge in [0.25, 0.3) is 0 Å². The van der Waals surface area contributed by atoms with Gasteiger partial charge in [-0.2, -0.15) is 13.2 Å². The van der Waals surface area contributed by atoms with Crippen molar-refractivity contribution in [3.05, 3.63) is 63.6 Å². The van der Waals surface area contributed by atoms with E-state index >= 15 is 0 Å². The summed E-state index contributed by atoms with van der Waals surface area (Å²) in [5.74, 6) is -1.16. The fourth-order valence-corrected chi connectivity index (χ4v) is 4.22. The summed E-state index contributed by atoms with van der Waals surface area (Å²) in [6, 6.07) is 11.3. The van der Waals surface area contributed by atoms with Gasteiger partial charge in [-0.1, -0.05) is 47.0 Å². The number of aliphatic hydroxyl groups is 1. The van der Waals surface area contributed by atoms with Gasteiger partial charge in [0.15, 0.2) is 0 Å². The summed E-state index contributed by atoms with van der Waals surface area (Å²) >= 11 is 12.3. The first-order valence-electron chi connectivity index (χ1n) is 10.7. The van der Waals surface area contributed by atoms with Crippen LogP contribution >= 0.6 is 23.2 Å². The van der Waals surface area contributed by atoms with Crippen LogP contribution in [0.25, 0.3) is 0 Å². The first kappa shape index (κ1) is 28.7. The van der Waals surface area contributed by atoms with E-state index in [1.165, 1.54) is 19.2 Å². The molecule has 0 spiro atoms. The molecule has 11 heteroatoms. The number of carbonyl (C=O) groups is 2. The molecule has 0 saturated heterocycles. The lowest BCUT2D eigenvalue weighted by molar-refractivity contribution is -0.161. The first-order valence-corrected chi connectivity index (χ1v) is 11.5. The Kier molecular flexibility index (Phi) is 9.83. The van der Waals surface area contributed by atoms with Crippen molar-refractivity contribution in [1.29, 1.82) is 0 Å². The molecule has 0 heterocycles. The van der Waals surface area contributed by atoms with E-state index in [0.717, 1.165) is 15.4 Å². The number of aliphatic hydroxyl groups excluding tert-OH is 1. The van der Waals surface area contributed by atoms with Gasteiger partial charge in [0.05, 0.1) is 10.0 Å². The van der Waals surface area contributed by atoms with Crippen LogP contribution in [-0.2, 0) is 10.2 Å². The van der Waals surface area contributed by atoms with Gasteiger partial charge < -0.3 is 15.1 Å². The molecule has 2 aromatic carbocycles. The van der Waals surface area contributed by atoms with Crippen molar-refractivity contribution in [2.24, 2.45) is 0 Å². The molecular weight excluding hydrogens is 508 g/mol. The highest BCUT2D eigenvalue weighted by molar-refractivity contribution is 6.42. The average molecular weight is 535 g/mol. The number of carbonyl (C=O) groups excluding carboxylic acids is 1. The van der Waals surface area contributed by atoms with Gasteiger partial charge in [0.2, 0.25) is 5.91 Å². The summed E-state index contributed by atoms with van der Waals surface area (Å²) in [4.78, 5) is 26.7. The smallest absolute Gasteiger partial charge is 0.411 e. The van der Waals surface area contributed by atoms with Crippen molar-refractivity contribution < 1.29 is 33.0 Å². The van der Waals surface area contributed by atoms with Crippen LogP contribution < -0.4 is 4.90 Å². The van der Waals surface area contributed by atoms with Crippen molar-refractivity contribution in [2.75, 3.05) is 31.6 Å². The quantitative estimate of drug-likeness (QED) is 0.397. The molecule has 0 fully saturated rings. The molecule has 0 saturated carbocycles. The van der Waals surface area contributed by atoms with E-state index in [0.29, 0.717) is 11.3 Å². The molecular formula is C24H27Cl2F3N2O4. The lowest BCUT2D eigenvalue weighted by Crippen LogP contribution is -2.51. The topological polar surface area (TPSA) is 81.1 Å². The Morgan fingerprint density at radius 3 is 2.14 bits per heavy atom. The number of hydrogen-bond acceptors (Lipinski definition) is 3. The molecule has 0 radical (unpaired) electrons. The minimum absolute atomic E-state index is 0.154. The normalized spacial score (nSPS) is 13.3. The molecule has 1 atom stereocenters. The van der Waals surface area contributed by atoms with Crippen LogP contribution in [0.5, 0.6) is 0 Å². The van der Waals surface area contributed by atoms with E-state index in [2.05, 4.69) is 0 Å². The summed E-state index contributed by atoms with van der Waals surface area (Å²) < 4.78 is 38.7. The van der Waals surface area contributed by atoms with Crippen molar-refractivity contribution in [3.63, 3.8) is 0 Å². The fraction of sp³-hybridized carbons (Fsp3) is 0.417. The minimum Gasteiger partial charge on any atom is -0.465 e. The predicted octanol–water partition coefficient (Wildman–Crippen LogP) is 5.91. The summed E-state index contributed by atoms with van der Waals surface area (Å²) in [5, 5.41) is 20.0. The number of hydrogen-bond donors (Lipinski definition) is 2. The summed E-state index contributed by atoms with van der Waals surface area (Å²) in [6.07, 6.45) is -7.28. The van der Waals surface area contributed by atoms with Crippen LogP contribution in [0.15, 0.2) is 42.5 Å². The fourth-order valence-electron chi connectivity index (χ4n) is 3.92. The molecule has 0 unspecified atom stereocenters. The first-order chi connectivity index (χ1) is 16.3. The number of halogens is 5. The zero-order chi connectivity index (χ0) is 26.4. The van der Waals surface area contributed by atoms with Gasteiger partial charge in [-0.15, -0.1) is 0 Å². The second-order valence-electron chi connectivity index (χ2n) is 8.48. The Balaban J connectivity index is 2.61. The monoisotopic (exact) mass is 534 g/mol. The zero-order valence-electron chi connectivity index (χ0n) is 19.3. The maximum Gasteiger partial charge on any atom is 0.411 e. The van der Waals surface area contributed by atoms with Crippen molar-refractivity contribution in [1.82, 2.24) is 4.90 Å². The van der Waals surface area contributed by atoms with Gasteiger partial charge in [-0.25, -0.2) is 4.79 Å². The summed E-state index contributed by atoms with van der Waals surface area (Å²) in [7, 11) is 1.23. The van der Waals surface area contributed by atoms with Crippen molar-refractivity contribution >= 4 is 40.9 Å². The van der Waals surface area contributed by atoms with Crippen LogP contribution in [0.4, 0.5) is 23.7 Å². The largest absolute Gasteiger partial charge is 0.465 e. The second-order valence-corrected chi connectivity index (χ2v) is 9.30. The number of aryl methyl sites for hydroxylation is 1. The molecule has 35 heavy (non-hydrogen) atoms. The van der Waals surface area contributed by atoms with E-state index < -0.39 is 30.0 Å². The number of benzene rings is 2. The van der Waals surface area contributed by atoms with E-state index in [4.69, 9.17) is 23.2 Å². The van der Waals surface area contributed by atoms with Gasteiger partial charge >= 0.3 is 12.3 Å². The highest BCUT2D eigenvalue weighted by Gasteiger charge is 2.40. The van der Waals surface area contributed by atoms with E-state index in [-0.39, 0.29) is 42.6 Å². The van der Waals surface area contributed by atoms with Crippen LogP contribution in [0.3, 0.4) is 0 Å². The number of likely N-dealkylation sites (N-methyl/N-ethyl adjacent to an activating group) is 1. The number of alkyl halides is 3. The third kappa shape index (κ3) is 8.02. The molecule has 0 aromatic heterocycles. The van der Waals surface area contributed by atoms with E-state index in [1.807, 2.05) is 6.92 Å². The van der Waals surface area contributed by atoms with Crippen LogP contribution in [0, 0.1) is 6.92 Å². The van der Waals surface area contributed by atoms with E-state index in [1.54, 1.807) is 30.3 Å². The Morgan fingerprint density at radius 1 is 1.00 bits per heavy atom. The van der Waals surface area contributed by atoms with Crippen LogP contribution in [-0.4, -0.2) is 60.0 Å². The summed E-state index contributed by atoms with van der Waals surface area (Å²) in [6.45, 7) is 1.13. The molecule has 2 amide bonds. The number of anilines is 1. The van der Waals surface area contributed by atoms with Gasteiger partial charge in [-0.05, 0) is 49.6 Å². The lowest BCUT2D eigenvalue weighted by atomic mass is 9.75. The number of carboxylic acid groups (broad SMARTS) is 1. The maximum absolute atomic E-state index is 12.9. The number of rotatable bonds is 10. The number of amides is 2. The molecule has 2 rings (SSSR count). The Bertz CT molecular complexity index is 1030. The van der Waals surface area contributed by atoms with Crippen molar-refractivity contribution in [2.45, 2.75) is 37.8 Å². The predicted molar refractivity (Wildman–Crippen MR) is 129 cm³/mol. The molecule has 6 nitrogen and oxygen atoms in total. The summed E-state index contributed by atoms with van der Waals surface area (Å²) in [5.41, 5.74) is 0.523. The molecule has 0 aliphatic heterocycles. The molecule has 2 N–H and O–H groups in total. The maximum atomic E-state index is 12.9. The molecule has 0 aliphatic rings. The Hall–Kier alpha value is -2.49. The Morgan fingerprint density at radius 2 is 1.63 bits per heavy atom. The molecule has 2 aromatic rings. The highest BCUT2D eigenvalue weighted by atomic mass is 35.5. The van der Waals surface area contributed by atoms with Gasteiger partial charge in [0, 0.05) is 37.8 Å². The SMILES string of the molecule is Cc1ccc(N(C[C@](CCCO)(CN(C)C(=O)CC(F)(F)F)c2ccc(Cl)c(Cl)c2)C(=O)O)cc1.